The molecule has 1 aromatic rings. The van der Waals surface area contributed by atoms with Crippen molar-refractivity contribution in [1.82, 2.24) is 15.0 Å². The highest BCUT2D eigenvalue weighted by atomic mass is 35.5. The Labute approximate surface area is 112 Å². The van der Waals surface area contributed by atoms with Gasteiger partial charge in [0, 0.05) is 26.2 Å². The molecule has 1 aliphatic rings. The molecule has 0 aliphatic carbocycles. The van der Waals surface area contributed by atoms with Gasteiger partial charge in [0.1, 0.15) is 0 Å². The number of halogens is 1. The van der Waals surface area contributed by atoms with Crippen molar-refractivity contribution in [2.24, 2.45) is 0 Å². The summed E-state index contributed by atoms with van der Waals surface area (Å²) in [6.45, 7) is 5.92. The molecule has 1 saturated heterocycles. The van der Waals surface area contributed by atoms with Crippen molar-refractivity contribution in [2.45, 2.75) is 19.8 Å². The summed E-state index contributed by atoms with van der Waals surface area (Å²) in [5, 5.41) is 3.31. The number of hydrogen-bond acceptors (Lipinski definition) is 6. The second kappa shape index (κ2) is 6.70. The van der Waals surface area contributed by atoms with Gasteiger partial charge in [0.05, 0.1) is 6.61 Å². The maximum Gasteiger partial charge on any atom is 0.231 e. The minimum Gasteiger partial charge on any atom is -0.380 e. The van der Waals surface area contributed by atoms with Crippen LogP contribution in [0.4, 0.5) is 11.9 Å². The first-order chi connectivity index (χ1) is 8.79. The standard InChI is InChI=1S/C11H18ClN5O/c1-2-18-8-5-13-10-14-9(12)15-11(16-10)17-6-3-4-7-17/h2-8H2,1H3,(H,13,14,15,16). The average Bonchev–Trinajstić information content (AvgIpc) is 2.88. The second-order valence-corrected chi connectivity index (χ2v) is 4.38. The largest absolute Gasteiger partial charge is 0.380 e. The van der Waals surface area contributed by atoms with E-state index >= 15 is 0 Å². The highest BCUT2D eigenvalue weighted by molar-refractivity contribution is 6.28. The van der Waals surface area contributed by atoms with E-state index in [1.807, 2.05) is 6.92 Å². The van der Waals surface area contributed by atoms with Gasteiger partial charge in [0.25, 0.3) is 0 Å². The van der Waals surface area contributed by atoms with Gasteiger partial charge in [0.15, 0.2) is 0 Å². The molecule has 18 heavy (non-hydrogen) atoms. The molecule has 2 rings (SSSR count). The lowest BCUT2D eigenvalue weighted by Gasteiger charge is -2.15. The maximum atomic E-state index is 5.91. The van der Waals surface area contributed by atoms with Gasteiger partial charge in [-0.05, 0) is 31.4 Å². The Morgan fingerprint density at radius 1 is 1.28 bits per heavy atom. The van der Waals surface area contributed by atoms with Crippen molar-refractivity contribution < 1.29 is 4.74 Å². The van der Waals surface area contributed by atoms with E-state index in [0.29, 0.717) is 31.7 Å². The maximum absolute atomic E-state index is 5.91. The lowest BCUT2D eigenvalue weighted by molar-refractivity contribution is 0.158. The molecule has 0 bridgehead atoms. The molecule has 0 atom stereocenters. The Bertz CT molecular complexity index is 384. The summed E-state index contributed by atoms with van der Waals surface area (Å²) in [6, 6.07) is 0. The second-order valence-electron chi connectivity index (χ2n) is 4.05. The Morgan fingerprint density at radius 3 is 2.78 bits per heavy atom. The Balaban J connectivity index is 1.97. The van der Waals surface area contributed by atoms with Gasteiger partial charge in [-0.2, -0.15) is 15.0 Å². The van der Waals surface area contributed by atoms with Gasteiger partial charge in [-0.1, -0.05) is 0 Å². The van der Waals surface area contributed by atoms with Gasteiger partial charge in [-0.15, -0.1) is 0 Å². The zero-order valence-corrected chi connectivity index (χ0v) is 11.3. The molecule has 0 radical (unpaired) electrons. The summed E-state index contributed by atoms with van der Waals surface area (Å²) in [5.41, 5.74) is 0. The minimum atomic E-state index is 0.228. The number of anilines is 2. The van der Waals surface area contributed by atoms with Crippen molar-refractivity contribution >= 4 is 23.5 Å². The monoisotopic (exact) mass is 271 g/mol. The number of nitrogens with zero attached hydrogens (tertiary/aromatic N) is 4. The molecule has 1 N–H and O–H groups in total. The zero-order chi connectivity index (χ0) is 12.8. The SMILES string of the molecule is CCOCCNc1nc(Cl)nc(N2CCCC2)n1. The van der Waals surface area contributed by atoms with E-state index in [-0.39, 0.29) is 5.28 Å². The van der Waals surface area contributed by atoms with E-state index in [2.05, 4.69) is 25.2 Å². The first-order valence-corrected chi connectivity index (χ1v) is 6.65. The summed E-state index contributed by atoms with van der Waals surface area (Å²) in [6.07, 6.45) is 2.35. The normalized spacial score (nSPS) is 15.1. The zero-order valence-electron chi connectivity index (χ0n) is 10.5. The third-order valence-electron chi connectivity index (χ3n) is 2.72. The van der Waals surface area contributed by atoms with Gasteiger partial charge in [-0.3, -0.25) is 0 Å². The Kier molecular flexibility index (Phi) is 4.95. The van der Waals surface area contributed by atoms with Crippen LogP contribution in [0.5, 0.6) is 0 Å². The van der Waals surface area contributed by atoms with Crippen LogP contribution in [0.1, 0.15) is 19.8 Å². The van der Waals surface area contributed by atoms with Crippen molar-refractivity contribution in [2.75, 3.05) is 43.1 Å². The van der Waals surface area contributed by atoms with E-state index in [4.69, 9.17) is 16.3 Å². The van der Waals surface area contributed by atoms with Crippen LogP contribution in [-0.2, 0) is 4.74 Å². The molecule has 1 aromatic heterocycles. The molecule has 6 nitrogen and oxygen atoms in total. The first-order valence-electron chi connectivity index (χ1n) is 6.27. The van der Waals surface area contributed by atoms with Crippen LogP contribution >= 0.6 is 11.6 Å². The number of nitrogens with one attached hydrogen (secondary N) is 1. The van der Waals surface area contributed by atoms with E-state index in [0.717, 1.165) is 13.1 Å². The number of ether oxygens (including phenoxy) is 1. The molecule has 0 amide bonds. The summed E-state index contributed by atoms with van der Waals surface area (Å²) in [7, 11) is 0. The highest BCUT2D eigenvalue weighted by Crippen LogP contribution is 2.18. The fourth-order valence-electron chi connectivity index (χ4n) is 1.86. The van der Waals surface area contributed by atoms with Crippen molar-refractivity contribution in [1.29, 1.82) is 0 Å². The molecule has 0 spiro atoms. The quantitative estimate of drug-likeness (QED) is 0.793. The first kappa shape index (κ1) is 13.3. The van der Waals surface area contributed by atoms with Crippen LogP contribution in [0.3, 0.4) is 0 Å². The summed E-state index contributed by atoms with van der Waals surface area (Å²) < 4.78 is 5.24. The van der Waals surface area contributed by atoms with Crippen LogP contribution in [-0.4, -0.2) is 47.8 Å². The third-order valence-corrected chi connectivity index (χ3v) is 2.89. The molecule has 0 unspecified atom stereocenters. The summed E-state index contributed by atoms with van der Waals surface area (Å²) in [5.74, 6) is 1.17. The van der Waals surface area contributed by atoms with Crippen LogP contribution in [0.25, 0.3) is 0 Å². The molecule has 1 fully saturated rings. The lowest BCUT2D eigenvalue weighted by Crippen LogP contribution is -2.22. The van der Waals surface area contributed by atoms with E-state index in [1.54, 1.807) is 0 Å². The van der Waals surface area contributed by atoms with E-state index in [1.165, 1.54) is 12.8 Å². The molecular formula is C11H18ClN5O. The summed E-state index contributed by atoms with van der Waals surface area (Å²) in [4.78, 5) is 14.7. The average molecular weight is 272 g/mol. The van der Waals surface area contributed by atoms with E-state index in [9.17, 15) is 0 Å². The van der Waals surface area contributed by atoms with Crippen LogP contribution in [0.2, 0.25) is 5.28 Å². The fraction of sp³-hybridized carbons (Fsp3) is 0.727. The predicted molar refractivity (Wildman–Crippen MR) is 71.3 cm³/mol. The van der Waals surface area contributed by atoms with Crippen LogP contribution in [0.15, 0.2) is 0 Å². The third kappa shape index (κ3) is 3.68. The number of rotatable bonds is 6. The van der Waals surface area contributed by atoms with Crippen molar-refractivity contribution in [3.63, 3.8) is 0 Å². The predicted octanol–water partition coefficient (Wildman–Crippen LogP) is 1.57. The topological polar surface area (TPSA) is 63.2 Å². The van der Waals surface area contributed by atoms with E-state index < -0.39 is 0 Å². The van der Waals surface area contributed by atoms with Crippen molar-refractivity contribution in [3.05, 3.63) is 5.28 Å². The highest BCUT2D eigenvalue weighted by Gasteiger charge is 2.16. The van der Waals surface area contributed by atoms with Crippen LogP contribution < -0.4 is 10.2 Å². The molecule has 1 aliphatic heterocycles. The van der Waals surface area contributed by atoms with Crippen molar-refractivity contribution in [3.8, 4) is 0 Å². The smallest absolute Gasteiger partial charge is 0.231 e. The number of aromatic nitrogens is 3. The van der Waals surface area contributed by atoms with Gasteiger partial charge >= 0.3 is 0 Å². The van der Waals surface area contributed by atoms with Gasteiger partial charge in [-0.25, -0.2) is 0 Å². The molecule has 100 valence electrons. The lowest BCUT2D eigenvalue weighted by atomic mass is 10.4. The van der Waals surface area contributed by atoms with Gasteiger partial charge < -0.3 is 15.0 Å². The summed E-state index contributed by atoms with van der Waals surface area (Å²) >= 11 is 5.91. The minimum absolute atomic E-state index is 0.228. The molecule has 0 aromatic carbocycles. The molecule has 0 saturated carbocycles. The van der Waals surface area contributed by atoms with Crippen LogP contribution in [0, 0.1) is 0 Å². The van der Waals surface area contributed by atoms with Gasteiger partial charge in [0.2, 0.25) is 17.2 Å². The number of hydrogen-bond donors (Lipinski definition) is 1. The molecule has 2 heterocycles. The Hall–Kier alpha value is -1.14. The molecular weight excluding hydrogens is 254 g/mol. The fourth-order valence-corrected chi connectivity index (χ4v) is 2.01. The Morgan fingerprint density at radius 2 is 2.06 bits per heavy atom. The molecule has 7 heteroatoms.